The average molecular weight is 220 g/mol. The van der Waals surface area contributed by atoms with Crippen LogP contribution in [0.4, 0.5) is 0 Å². The van der Waals surface area contributed by atoms with Gasteiger partial charge in [0.2, 0.25) is 0 Å². The summed E-state index contributed by atoms with van der Waals surface area (Å²) in [6.07, 6.45) is 26.0. The minimum absolute atomic E-state index is 1.20. The van der Waals surface area contributed by atoms with E-state index >= 15 is 0 Å². The van der Waals surface area contributed by atoms with Gasteiger partial charge >= 0.3 is 0 Å². The SMILES string of the molecule is [C]1CCC/C=C\CCCCCCCCCC1. The van der Waals surface area contributed by atoms with Gasteiger partial charge in [-0.15, -0.1) is 0 Å². The summed E-state index contributed by atoms with van der Waals surface area (Å²) in [6, 6.07) is 0. The van der Waals surface area contributed by atoms with E-state index in [1.807, 2.05) is 0 Å². The maximum Gasteiger partial charge on any atom is -0.0173 e. The molecule has 0 saturated heterocycles. The van der Waals surface area contributed by atoms with Gasteiger partial charge in [-0.05, 0) is 44.9 Å². The zero-order valence-corrected chi connectivity index (χ0v) is 10.8. The molecule has 92 valence electrons. The molecular formula is C16H28. The molecular weight excluding hydrogens is 192 g/mol. The van der Waals surface area contributed by atoms with E-state index in [4.69, 9.17) is 0 Å². The molecule has 0 aromatic carbocycles. The Kier molecular flexibility index (Phi) is 9.69. The van der Waals surface area contributed by atoms with Crippen molar-refractivity contribution < 1.29 is 0 Å². The van der Waals surface area contributed by atoms with E-state index in [1.165, 1.54) is 83.5 Å². The summed E-state index contributed by atoms with van der Waals surface area (Å²) in [5.74, 6) is 0. The Bertz CT molecular complexity index is 139. The van der Waals surface area contributed by atoms with Crippen LogP contribution in [0.5, 0.6) is 0 Å². The van der Waals surface area contributed by atoms with E-state index < -0.39 is 0 Å². The van der Waals surface area contributed by atoms with Crippen LogP contribution in [0.3, 0.4) is 0 Å². The lowest BCUT2D eigenvalue weighted by molar-refractivity contribution is 0.564. The van der Waals surface area contributed by atoms with Crippen LogP contribution in [-0.4, -0.2) is 0 Å². The highest BCUT2D eigenvalue weighted by Gasteiger charge is 1.94. The van der Waals surface area contributed by atoms with Crippen molar-refractivity contribution in [2.45, 2.75) is 83.5 Å². The standard InChI is InChI=1S/C16H28/c1-2-4-6-8-10-12-14-16-15-13-11-9-7-5-3-1/h1-2H,3-9,11-16H2/b2-1-. The largest absolute Gasteiger partial charge is 0.0885 e. The summed E-state index contributed by atoms with van der Waals surface area (Å²) < 4.78 is 0. The van der Waals surface area contributed by atoms with Crippen molar-refractivity contribution in [1.82, 2.24) is 0 Å². The van der Waals surface area contributed by atoms with Crippen LogP contribution in [0.1, 0.15) is 83.5 Å². The smallest absolute Gasteiger partial charge is 0.0173 e. The zero-order valence-electron chi connectivity index (χ0n) is 10.8. The second-order valence-corrected chi connectivity index (χ2v) is 4.98. The second-order valence-electron chi connectivity index (χ2n) is 4.98. The Labute approximate surface area is 103 Å². The molecule has 1 rings (SSSR count). The Morgan fingerprint density at radius 3 is 1.75 bits per heavy atom. The summed E-state index contributed by atoms with van der Waals surface area (Å²) in [7, 11) is 0. The first-order valence-electron chi connectivity index (χ1n) is 7.36. The molecule has 0 amide bonds. The van der Waals surface area contributed by atoms with Crippen molar-refractivity contribution in [2.75, 3.05) is 0 Å². The van der Waals surface area contributed by atoms with Crippen molar-refractivity contribution in [3.8, 4) is 0 Å². The van der Waals surface area contributed by atoms with Gasteiger partial charge < -0.3 is 0 Å². The molecule has 16 heavy (non-hydrogen) atoms. The van der Waals surface area contributed by atoms with Crippen LogP contribution in [0.2, 0.25) is 0 Å². The molecule has 0 nitrogen and oxygen atoms in total. The van der Waals surface area contributed by atoms with E-state index in [-0.39, 0.29) is 0 Å². The van der Waals surface area contributed by atoms with Crippen LogP contribution in [0, 0.1) is 6.42 Å². The van der Waals surface area contributed by atoms with Crippen LogP contribution < -0.4 is 0 Å². The van der Waals surface area contributed by atoms with Gasteiger partial charge in [0.15, 0.2) is 0 Å². The lowest BCUT2D eigenvalue weighted by Gasteiger charge is -2.03. The lowest BCUT2D eigenvalue weighted by atomic mass is 10.0. The molecule has 0 saturated carbocycles. The van der Waals surface area contributed by atoms with Crippen molar-refractivity contribution in [1.29, 1.82) is 0 Å². The lowest BCUT2D eigenvalue weighted by Crippen LogP contribution is -1.84. The van der Waals surface area contributed by atoms with Gasteiger partial charge in [-0.2, -0.15) is 0 Å². The molecule has 2 radical (unpaired) electrons. The molecule has 0 fully saturated rings. The molecule has 0 aromatic rings. The fourth-order valence-electron chi connectivity index (χ4n) is 2.28. The Morgan fingerprint density at radius 1 is 0.500 bits per heavy atom. The topological polar surface area (TPSA) is 0 Å². The summed E-state index contributed by atoms with van der Waals surface area (Å²) in [4.78, 5) is 0. The predicted molar refractivity (Wildman–Crippen MR) is 72.4 cm³/mol. The van der Waals surface area contributed by atoms with E-state index in [0.29, 0.717) is 0 Å². The first-order chi connectivity index (χ1) is 8.00. The highest BCUT2D eigenvalue weighted by molar-refractivity contribution is 4.82. The molecule has 0 heterocycles. The first-order valence-corrected chi connectivity index (χ1v) is 7.36. The molecule has 0 heteroatoms. The van der Waals surface area contributed by atoms with Crippen LogP contribution in [0.25, 0.3) is 0 Å². The Balaban J connectivity index is 2.07. The van der Waals surface area contributed by atoms with Gasteiger partial charge in [-0.25, -0.2) is 0 Å². The zero-order chi connectivity index (χ0) is 11.3. The summed E-state index contributed by atoms with van der Waals surface area (Å²) in [5, 5.41) is 0. The summed E-state index contributed by atoms with van der Waals surface area (Å²) >= 11 is 0. The van der Waals surface area contributed by atoms with Crippen molar-refractivity contribution in [3.63, 3.8) is 0 Å². The minimum atomic E-state index is 1.20. The van der Waals surface area contributed by atoms with Crippen molar-refractivity contribution in [2.24, 2.45) is 0 Å². The van der Waals surface area contributed by atoms with Gasteiger partial charge in [-0.3, -0.25) is 0 Å². The first kappa shape index (κ1) is 13.8. The van der Waals surface area contributed by atoms with Crippen LogP contribution in [0.15, 0.2) is 12.2 Å². The highest BCUT2D eigenvalue weighted by Crippen LogP contribution is 2.13. The van der Waals surface area contributed by atoms with Gasteiger partial charge in [-0.1, -0.05) is 57.1 Å². The number of allylic oxidation sites excluding steroid dienone is 2. The molecule has 1 aliphatic carbocycles. The van der Waals surface area contributed by atoms with Gasteiger partial charge in [0, 0.05) is 0 Å². The van der Waals surface area contributed by atoms with E-state index in [0.717, 1.165) is 0 Å². The third-order valence-corrected chi connectivity index (χ3v) is 3.37. The molecule has 1 aliphatic rings. The van der Waals surface area contributed by atoms with Gasteiger partial charge in [0.05, 0.1) is 0 Å². The highest BCUT2D eigenvalue weighted by atomic mass is 14.0. The van der Waals surface area contributed by atoms with E-state index in [9.17, 15) is 0 Å². The molecule has 0 aliphatic heterocycles. The molecule has 0 aromatic heterocycles. The van der Waals surface area contributed by atoms with E-state index in [1.54, 1.807) is 0 Å². The monoisotopic (exact) mass is 220 g/mol. The molecule has 0 bridgehead atoms. The summed E-state index contributed by atoms with van der Waals surface area (Å²) in [6.45, 7) is 0. The quantitative estimate of drug-likeness (QED) is 0.459. The number of hydrogen-bond acceptors (Lipinski definition) is 0. The minimum Gasteiger partial charge on any atom is -0.0885 e. The molecule has 0 atom stereocenters. The molecule has 0 spiro atoms. The van der Waals surface area contributed by atoms with Crippen molar-refractivity contribution >= 4 is 0 Å². The maximum atomic E-state index is 3.53. The maximum absolute atomic E-state index is 3.53. The molecule has 0 unspecified atom stereocenters. The average Bonchev–Trinajstić information content (AvgIpc) is 2.29. The summed E-state index contributed by atoms with van der Waals surface area (Å²) in [5.41, 5.74) is 0. The predicted octanol–water partition coefficient (Wildman–Crippen LogP) is 5.71. The fraction of sp³-hybridized carbons (Fsp3) is 0.812. The Hall–Kier alpha value is -0.260. The fourth-order valence-corrected chi connectivity index (χ4v) is 2.28. The third kappa shape index (κ3) is 9.00. The third-order valence-electron chi connectivity index (χ3n) is 3.37. The van der Waals surface area contributed by atoms with E-state index in [2.05, 4.69) is 18.6 Å². The normalized spacial score (nSPS) is 25.0. The second kappa shape index (κ2) is 11.2. The number of rotatable bonds is 0. The van der Waals surface area contributed by atoms with Crippen LogP contribution >= 0.6 is 0 Å². The Morgan fingerprint density at radius 2 is 1.00 bits per heavy atom. The van der Waals surface area contributed by atoms with Crippen molar-refractivity contribution in [3.05, 3.63) is 18.6 Å². The van der Waals surface area contributed by atoms with Gasteiger partial charge in [0.25, 0.3) is 0 Å². The molecule has 0 N–H and O–H groups in total. The van der Waals surface area contributed by atoms with Gasteiger partial charge in [0.1, 0.15) is 0 Å². The van der Waals surface area contributed by atoms with Crippen LogP contribution in [-0.2, 0) is 0 Å². The number of hydrogen-bond donors (Lipinski definition) is 0.